The number of hydrogen-bond donors (Lipinski definition) is 1. The summed E-state index contributed by atoms with van der Waals surface area (Å²) in [7, 11) is 0. The molecule has 1 atom stereocenters. The van der Waals surface area contributed by atoms with Crippen LogP contribution in [-0.4, -0.2) is 41.5 Å². The van der Waals surface area contributed by atoms with Crippen molar-refractivity contribution in [2.45, 2.75) is 32.4 Å². The topological polar surface area (TPSA) is 105 Å². The molecular formula is C21H20N6O3. The first-order valence-electron chi connectivity index (χ1n) is 9.84. The normalized spacial score (nSPS) is 16.6. The van der Waals surface area contributed by atoms with Crippen molar-refractivity contribution >= 4 is 22.5 Å². The molecule has 5 rings (SSSR count). The molecule has 1 aromatic carbocycles. The molecule has 9 nitrogen and oxygen atoms in total. The summed E-state index contributed by atoms with van der Waals surface area (Å²) in [5.74, 6) is -0.160. The van der Waals surface area contributed by atoms with Crippen molar-refractivity contribution < 1.29 is 4.79 Å². The molecule has 1 saturated heterocycles. The second kappa shape index (κ2) is 6.94. The number of para-hydroxylation sites is 1. The molecular weight excluding hydrogens is 384 g/mol. The number of nitrogens with zero attached hydrogens (tertiary/aromatic N) is 5. The zero-order chi connectivity index (χ0) is 20.8. The first kappa shape index (κ1) is 18.3. The lowest BCUT2D eigenvalue weighted by atomic mass is 10.1. The molecule has 0 radical (unpaired) electrons. The maximum Gasteiger partial charge on any atom is 0.272 e. The molecule has 9 heteroatoms. The highest BCUT2D eigenvalue weighted by Gasteiger charge is 2.31. The van der Waals surface area contributed by atoms with E-state index in [-0.39, 0.29) is 29.6 Å². The third-order valence-electron chi connectivity index (χ3n) is 5.57. The predicted octanol–water partition coefficient (Wildman–Crippen LogP) is 1.40. The molecule has 1 fully saturated rings. The number of nitrogens with one attached hydrogen (secondary N) is 1. The summed E-state index contributed by atoms with van der Waals surface area (Å²) in [6.45, 7) is 2.29. The van der Waals surface area contributed by atoms with Crippen LogP contribution in [0.25, 0.3) is 16.6 Å². The van der Waals surface area contributed by atoms with Crippen LogP contribution in [0, 0.1) is 6.92 Å². The van der Waals surface area contributed by atoms with Crippen LogP contribution in [0.3, 0.4) is 0 Å². The minimum Gasteiger partial charge on any atom is -0.333 e. The molecule has 1 N–H and O–H groups in total. The van der Waals surface area contributed by atoms with Crippen molar-refractivity contribution in [3.05, 3.63) is 74.8 Å². The van der Waals surface area contributed by atoms with E-state index in [4.69, 9.17) is 0 Å². The quantitative estimate of drug-likeness (QED) is 0.556. The fourth-order valence-corrected chi connectivity index (χ4v) is 4.14. The molecule has 0 saturated carbocycles. The number of hydrogen-bond acceptors (Lipinski definition) is 5. The van der Waals surface area contributed by atoms with Gasteiger partial charge in [0.2, 0.25) is 5.91 Å². The van der Waals surface area contributed by atoms with Crippen LogP contribution in [0.4, 0.5) is 0 Å². The van der Waals surface area contributed by atoms with E-state index >= 15 is 0 Å². The number of fused-ring (bicyclic) bond motifs is 2. The first-order chi connectivity index (χ1) is 14.5. The SMILES string of the molecule is Cc1cc(=O)n2[nH]c(C3CCCN3C(=O)Cn3cnc4ccccc4c3=O)cc2n1. The summed E-state index contributed by atoms with van der Waals surface area (Å²) in [5.41, 5.74) is 2.13. The Balaban J connectivity index is 1.45. The monoisotopic (exact) mass is 404 g/mol. The fraction of sp³-hybridized carbons (Fsp3) is 0.286. The van der Waals surface area contributed by atoms with Gasteiger partial charge in [-0.15, -0.1) is 0 Å². The van der Waals surface area contributed by atoms with E-state index in [1.54, 1.807) is 30.0 Å². The molecule has 0 spiro atoms. The van der Waals surface area contributed by atoms with E-state index in [2.05, 4.69) is 15.1 Å². The van der Waals surface area contributed by atoms with Crippen LogP contribution < -0.4 is 11.1 Å². The lowest BCUT2D eigenvalue weighted by Crippen LogP contribution is -2.36. The lowest BCUT2D eigenvalue weighted by Gasteiger charge is -2.24. The van der Waals surface area contributed by atoms with Gasteiger partial charge in [-0.2, -0.15) is 0 Å². The Kier molecular flexibility index (Phi) is 4.23. The Morgan fingerprint density at radius 1 is 1.23 bits per heavy atom. The zero-order valence-corrected chi connectivity index (χ0v) is 16.4. The Labute approximate surface area is 170 Å². The van der Waals surface area contributed by atoms with Crippen LogP contribution in [0.1, 0.15) is 30.3 Å². The number of carbonyl (C=O) groups excluding carboxylic acids is 1. The molecule has 4 aromatic rings. The van der Waals surface area contributed by atoms with Crippen molar-refractivity contribution in [3.8, 4) is 0 Å². The van der Waals surface area contributed by atoms with E-state index in [1.807, 2.05) is 12.1 Å². The van der Waals surface area contributed by atoms with Gasteiger partial charge in [0.15, 0.2) is 5.65 Å². The second-order valence-electron chi connectivity index (χ2n) is 7.58. The lowest BCUT2D eigenvalue weighted by molar-refractivity contribution is -0.132. The number of H-pyrrole nitrogens is 1. The Morgan fingerprint density at radius 3 is 2.93 bits per heavy atom. The number of rotatable bonds is 3. The van der Waals surface area contributed by atoms with Crippen LogP contribution >= 0.6 is 0 Å². The van der Waals surface area contributed by atoms with Crippen LogP contribution in [0.15, 0.2) is 52.3 Å². The highest BCUT2D eigenvalue weighted by Crippen LogP contribution is 2.31. The smallest absolute Gasteiger partial charge is 0.272 e. The molecule has 1 aliphatic rings. The van der Waals surface area contributed by atoms with Gasteiger partial charge in [0, 0.05) is 24.4 Å². The van der Waals surface area contributed by atoms with Gasteiger partial charge in [-0.1, -0.05) is 12.1 Å². The summed E-state index contributed by atoms with van der Waals surface area (Å²) < 4.78 is 2.74. The third-order valence-corrected chi connectivity index (χ3v) is 5.57. The number of aryl methyl sites for hydroxylation is 1. The van der Waals surface area contributed by atoms with Gasteiger partial charge in [0.05, 0.1) is 29.0 Å². The summed E-state index contributed by atoms with van der Waals surface area (Å²) >= 11 is 0. The summed E-state index contributed by atoms with van der Waals surface area (Å²) in [6.07, 6.45) is 3.04. The number of likely N-dealkylation sites (tertiary alicyclic amines) is 1. The maximum atomic E-state index is 13.1. The van der Waals surface area contributed by atoms with Gasteiger partial charge in [0.25, 0.3) is 11.1 Å². The number of aromatic amines is 1. The van der Waals surface area contributed by atoms with Crippen LogP contribution in [-0.2, 0) is 11.3 Å². The molecule has 3 aromatic heterocycles. The Hall–Kier alpha value is -3.75. The van der Waals surface area contributed by atoms with Gasteiger partial charge in [0.1, 0.15) is 6.54 Å². The number of carbonyl (C=O) groups is 1. The van der Waals surface area contributed by atoms with Crippen molar-refractivity contribution in [1.82, 2.24) is 29.0 Å². The summed E-state index contributed by atoms with van der Waals surface area (Å²) in [6, 6.07) is 10.2. The Bertz CT molecular complexity index is 1400. The highest BCUT2D eigenvalue weighted by atomic mass is 16.2. The summed E-state index contributed by atoms with van der Waals surface area (Å²) in [4.78, 5) is 48.4. The number of amides is 1. The van der Waals surface area contributed by atoms with E-state index < -0.39 is 0 Å². The van der Waals surface area contributed by atoms with Gasteiger partial charge in [-0.3, -0.25) is 24.0 Å². The fourth-order valence-electron chi connectivity index (χ4n) is 4.14. The number of benzene rings is 1. The van der Waals surface area contributed by atoms with E-state index in [9.17, 15) is 14.4 Å². The van der Waals surface area contributed by atoms with Crippen LogP contribution in [0.5, 0.6) is 0 Å². The molecule has 1 amide bonds. The first-order valence-corrected chi connectivity index (χ1v) is 9.84. The van der Waals surface area contributed by atoms with Crippen molar-refractivity contribution in [2.24, 2.45) is 0 Å². The average molecular weight is 404 g/mol. The maximum absolute atomic E-state index is 13.1. The molecule has 152 valence electrons. The standard InChI is InChI=1S/C21H20N6O3/c1-13-9-19(28)27-18(23-13)10-16(24-27)17-7-4-8-26(17)20(29)11-25-12-22-15-6-3-2-5-14(15)21(25)30/h2-3,5-6,9-10,12,17,24H,4,7-8,11H2,1H3. The molecule has 30 heavy (non-hydrogen) atoms. The molecule has 4 heterocycles. The molecule has 1 aliphatic heterocycles. The van der Waals surface area contributed by atoms with E-state index in [0.717, 1.165) is 18.5 Å². The molecule has 0 aliphatic carbocycles. The van der Waals surface area contributed by atoms with Crippen molar-refractivity contribution in [1.29, 1.82) is 0 Å². The van der Waals surface area contributed by atoms with E-state index in [0.29, 0.717) is 28.8 Å². The van der Waals surface area contributed by atoms with Crippen LogP contribution in [0.2, 0.25) is 0 Å². The summed E-state index contributed by atoms with van der Waals surface area (Å²) in [5, 5.41) is 3.57. The van der Waals surface area contributed by atoms with E-state index in [1.165, 1.54) is 21.5 Å². The molecule has 1 unspecified atom stereocenters. The van der Waals surface area contributed by atoms with Gasteiger partial charge < -0.3 is 4.90 Å². The average Bonchev–Trinajstić information content (AvgIpc) is 3.37. The zero-order valence-electron chi connectivity index (χ0n) is 16.4. The predicted molar refractivity (Wildman–Crippen MR) is 110 cm³/mol. The van der Waals surface area contributed by atoms with Crippen molar-refractivity contribution in [2.75, 3.05) is 6.54 Å². The minimum absolute atomic E-state index is 0.0787. The number of aromatic nitrogens is 5. The van der Waals surface area contributed by atoms with Gasteiger partial charge >= 0.3 is 0 Å². The minimum atomic E-state index is -0.235. The van der Waals surface area contributed by atoms with Gasteiger partial charge in [-0.05, 0) is 31.9 Å². The highest BCUT2D eigenvalue weighted by molar-refractivity contribution is 5.79. The largest absolute Gasteiger partial charge is 0.333 e. The molecule has 0 bridgehead atoms. The Morgan fingerprint density at radius 2 is 2.07 bits per heavy atom. The second-order valence-corrected chi connectivity index (χ2v) is 7.58. The third kappa shape index (κ3) is 2.99. The van der Waals surface area contributed by atoms with Gasteiger partial charge in [-0.25, -0.2) is 14.5 Å². The van der Waals surface area contributed by atoms with Crippen molar-refractivity contribution in [3.63, 3.8) is 0 Å².